The molecule has 0 radical (unpaired) electrons. The molecule has 7 heteroatoms. The van der Waals surface area contributed by atoms with Gasteiger partial charge in [-0.25, -0.2) is 13.2 Å². The van der Waals surface area contributed by atoms with E-state index in [1.807, 2.05) is 0 Å². The van der Waals surface area contributed by atoms with Gasteiger partial charge in [-0.05, 0) is 11.5 Å². The maximum Gasteiger partial charge on any atom is 0.340 e. The number of carboxylic acids is 1. The second-order valence-corrected chi connectivity index (χ2v) is 6.62. The molecule has 1 aromatic carbocycles. The number of carbonyl (C=O) groups is 1. The van der Waals surface area contributed by atoms with Crippen LogP contribution in [-0.2, 0) is 9.84 Å². The monoisotopic (exact) mass is 283 g/mol. The molecule has 0 saturated carbocycles. The van der Waals surface area contributed by atoms with Gasteiger partial charge in [0.15, 0.2) is 14.0 Å². The predicted molar refractivity (Wildman–Crippen MR) is 67.6 cm³/mol. The number of rotatable bonds is 3. The average molecular weight is 283 g/mol. The first-order valence-corrected chi connectivity index (χ1v) is 7.56. The number of aromatic carboxylic acids is 1. The normalized spacial score (nSPS) is 11.4. The topological polar surface area (TPSA) is 84.3 Å². The van der Waals surface area contributed by atoms with Crippen molar-refractivity contribution in [1.29, 1.82) is 0 Å². The van der Waals surface area contributed by atoms with Crippen LogP contribution < -0.4 is 0 Å². The maximum atomic E-state index is 11.5. The van der Waals surface area contributed by atoms with E-state index in [0.717, 1.165) is 6.26 Å². The third-order valence-electron chi connectivity index (χ3n) is 2.26. The fourth-order valence-electron chi connectivity index (χ4n) is 1.51. The molecule has 2 rings (SSSR count). The molecule has 5 nitrogen and oxygen atoms in total. The summed E-state index contributed by atoms with van der Waals surface area (Å²) in [6, 6.07) is 8.63. The molecule has 0 saturated heterocycles. The maximum absolute atomic E-state index is 11.5. The summed E-state index contributed by atoms with van der Waals surface area (Å²) in [7, 11) is -3.59. The Morgan fingerprint density at radius 3 is 2.39 bits per heavy atom. The van der Waals surface area contributed by atoms with Crippen molar-refractivity contribution in [3.63, 3.8) is 0 Å². The van der Waals surface area contributed by atoms with Crippen molar-refractivity contribution in [3.05, 3.63) is 35.9 Å². The van der Waals surface area contributed by atoms with E-state index >= 15 is 0 Å². The molecule has 0 aliphatic carbocycles. The van der Waals surface area contributed by atoms with E-state index in [1.54, 1.807) is 30.3 Å². The van der Waals surface area contributed by atoms with Gasteiger partial charge < -0.3 is 5.11 Å². The molecule has 0 unspecified atom stereocenters. The van der Waals surface area contributed by atoms with E-state index in [1.165, 1.54) is 0 Å². The SMILES string of the molecule is CS(=O)(=O)c1snc(-c2ccccc2)c1C(=O)O. The van der Waals surface area contributed by atoms with Gasteiger partial charge in [0.25, 0.3) is 0 Å². The van der Waals surface area contributed by atoms with Crippen molar-refractivity contribution in [2.45, 2.75) is 4.21 Å². The van der Waals surface area contributed by atoms with Crippen molar-refractivity contribution in [2.24, 2.45) is 0 Å². The van der Waals surface area contributed by atoms with Gasteiger partial charge in [-0.3, -0.25) is 0 Å². The summed E-state index contributed by atoms with van der Waals surface area (Å²) < 4.78 is 26.8. The van der Waals surface area contributed by atoms with Crippen LogP contribution in [-0.4, -0.2) is 30.1 Å². The van der Waals surface area contributed by atoms with Crippen LogP contribution in [0.25, 0.3) is 11.3 Å². The Bertz CT molecular complexity index is 689. The van der Waals surface area contributed by atoms with Gasteiger partial charge in [0.2, 0.25) is 0 Å². The smallest absolute Gasteiger partial charge is 0.340 e. The molecule has 2 aromatic rings. The largest absolute Gasteiger partial charge is 0.478 e. The fourth-order valence-corrected chi connectivity index (χ4v) is 3.36. The molecule has 0 spiro atoms. The minimum atomic E-state index is -3.59. The van der Waals surface area contributed by atoms with Gasteiger partial charge in [0, 0.05) is 11.8 Å². The van der Waals surface area contributed by atoms with Gasteiger partial charge >= 0.3 is 5.97 Å². The number of benzene rings is 1. The summed E-state index contributed by atoms with van der Waals surface area (Å²) in [6.45, 7) is 0. The van der Waals surface area contributed by atoms with Gasteiger partial charge in [-0.15, -0.1) is 0 Å². The van der Waals surface area contributed by atoms with Crippen LogP contribution in [0.3, 0.4) is 0 Å². The third kappa shape index (κ3) is 2.27. The number of carboxylic acid groups (broad SMARTS) is 1. The van der Waals surface area contributed by atoms with Crippen LogP contribution in [0.4, 0.5) is 0 Å². The van der Waals surface area contributed by atoms with Crippen molar-refractivity contribution in [1.82, 2.24) is 4.37 Å². The van der Waals surface area contributed by atoms with Crippen molar-refractivity contribution >= 4 is 27.3 Å². The van der Waals surface area contributed by atoms with Crippen LogP contribution in [0.5, 0.6) is 0 Å². The minimum absolute atomic E-state index is 0.188. The summed E-state index contributed by atoms with van der Waals surface area (Å²) in [4.78, 5) is 11.2. The molecular formula is C11H9NO4S2. The fraction of sp³-hybridized carbons (Fsp3) is 0.0909. The Hall–Kier alpha value is -1.73. The van der Waals surface area contributed by atoms with E-state index in [-0.39, 0.29) is 15.5 Å². The Morgan fingerprint density at radius 1 is 1.28 bits per heavy atom. The first-order valence-electron chi connectivity index (χ1n) is 4.89. The molecule has 0 amide bonds. The van der Waals surface area contributed by atoms with E-state index in [4.69, 9.17) is 5.11 Å². The molecule has 1 aromatic heterocycles. The third-order valence-corrected chi connectivity index (χ3v) is 4.91. The molecule has 94 valence electrons. The number of aromatic nitrogens is 1. The van der Waals surface area contributed by atoms with E-state index in [2.05, 4.69) is 4.37 Å². The van der Waals surface area contributed by atoms with E-state index in [9.17, 15) is 13.2 Å². The van der Waals surface area contributed by atoms with Gasteiger partial charge in [0.1, 0.15) is 5.56 Å². The number of hydrogen-bond acceptors (Lipinski definition) is 5. The molecular weight excluding hydrogens is 274 g/mol. The van der Waals surface area contributed by atoms with Crippen LogP contribution in [0.2, 0.25) is 0 Å². The highest BCUT2D eigenvalue weighted by atomic mass is 32.2. The zero-order chi connectivity index (χ0) is 13.3. The highest BCUT2D eigenvalue weighted by Gasteiger charge is 2.27. The Balaban J connectivity index is 2.72. The first kappa shape index (κ1) is 12.7. The molecule has 1 heterocycles. The quantitative estimate of drug-likeness (QED) is 0.930. The Kier molecular flexibility index (Phi) is 3.18. The standard InChI is InChI=1S/C11H9NO4S2/c1-18(15,16)11-8(10(13)14)9(12-17-11)7-5-3-2-4-6-7/h2-6H,1H3,(H,13,14). The molecule has 0 fully saturated rings. The van der Waals surface area contributed by atoms with Crippen molar-refractivity contribution in [3.8, 4) is 11.3 Å². The lowest BCUT2D eigenvalue weighted by Crippen LogP contribution is -2.05. The number of sulfone groups is 1. The summed E-state index contributed by atoms with van der Waals surface area (Å²) in [5.74, 6) is -1.29. The summed E-state index contributed by atoms with van der Waals surface area (Å²) in [5, 5.41) is 9.16. The zero-order valence-corrected chi connectivity index (χ0v) is 11.0. The molecule has 0 aliphatic rings. The van der Waals surface area contributed by atoms with Crippen LogP contribution in [0, 0.1) is 0 Å². The molecule has 1 N–H and O–H groups in total. The summed E-state index contributed by atoms with van der Waals surface area (Å²) in [5.41, 5.74) is 0.517. The zero-order valence-electron chi connectivity index (χ0n) is 9.32. The molecule has 0 aliphatic heterocycles. The summed E-state index contributed by atoms with van der Waals surface area (Å²) >= 11 is 0.687. The van der Waals surface area contributed by atoms with E-state index in [0.29, 0.717) is 17.1 Å². The lowest BCUT2D eigenvalue weighted by molar-refractivity contribution is 0.0694. The van der Waals surface area contributed by atoms with Crippen molar-refractivity contribution < 1.29 is 18.3 Å². The highest BCUT2D eigenvalue weighted by molar-refractivity contribution is 7.92. The van der Waals surface area contributed by atoms with E-state index < -0.39 is 15.8 Å². The average Bonchev–Trinajstić information content (AvgIpc) is 2.74. The predicted octanol–water partition coefficient (Wildman–Crippen LogP) is 1.91. The van der Waals surface area contributed by atoms with Crippen LogP contribution in [0.15, 0.2) is 34.5 Å². The highest BCUT2D eigenvalue weighted by Crippen LogP contribution is 2.31. The summed E-state index contributed by atoms with van der Waals surface area (Å²) in [6.07, 6.45) is 0.974. The lowest BCUT2D eigenvalue weighted by Gasteiger charge is -2.00. The Morgan fingerprint density at radius 2 is 1.89 bits per heavy atom. The molecule has 0 bridgehead atoms. The second kappa shape index (κ2) is 4.51. The van der Waals surface area contributed by atoms with Gasteiger partial charge in [0.05, 0.1) is 5.69 Å². The van der Waals surface area contributed by atoms with Crippen molar-refractivity contribution in [2.75, 3.05) is 6.26 Å². The first-order chi connectivity index (χ1) is 8.41. The molecule has 0 atom stereocenters. The minimum Gasteiger partial charge on any atom is -0.478 e. The Labute approximate surface area is 108 Å². The number of hydrogen-bond donors (Lipinski definition) is 1. The van der Waals surface area contributed by atoms with Gasteiger partial charge in [-0.2, -0.15) is 4.37 Å². The number of nitrogens with zero attached hydrogens (tertiary/aromatic N) is 1. The lowest BCUT2D eigenvalue weighted by atomic mass is 10.1. The second-order valence-electron chi connectivity index (χ2n) is 3.64. The van der Waals surface area contributed by atoms with Crippen LogP contribution in [0.1, 0.15) is 10.4 Å². The molecule has 18 heavy (non-hydrogen) atoms. The van der Waals surface area contributed by atoms with Crippen LogP contribution >= 0.6 is 11.5 Å². The van der Waals surface area contributed by atoms with Gasteiger partial charge in [-0.1, -0.05) is 30.3 Å².